The van der Waals surface area contributed by atoms with Gasteiger partial charge in [0.2, 0.25) is 5.69 Å². The number of rotatable bonds is 4. The van der Waals surface area contributed by atoms with Gasteiger partial charge in [0.1, 0.15) is 18.2 Å². The molecular formula is C11H11N7O2. The van der Waals surface area contributed by atoms with Crippen LogP contribution in [0, 0.1) is 21.4 Å². The van der Waals surface area contributed by atoms with Crippen molar-refractivity contribution in [2.45, 2.75) is 13.0 Å². The number of nitriles is 1. The number of pyridine rings is 1. The third-order valence-electron chi connectivity index (χ3n) is 2.67. The Balaban J connectivity index is 2.25. The highest BCUT2D eigenvalue weighted by atomic mass is 16.6. The fraction of sp³-hybridized carbons (Fsp3) is 0.273. The standard InChI is InChI=1S/C11H11N7O2/c1-7(11-16-13-6-17(11)2)14-10-4-3-9(18(19)20)8(5-12)15-10/h3-4,6-7H,1-2H3,(H,14,15). The molecule has 0 aliphatic heterocycles. The number of aromatic nitrogens is 4. The first-order valence-electron chi connectivity index (χ1n) is 5.69. The first-order chi connectivity index (χ1) is 9.52. The summed E-state index contributed by atoms with van der Waals surface area (Å²) in [5.41, 5.74) is -0.547. The third-order valence-corrected chi connectivity index (χ3v) is 2.67. The van der Waals surface area contributed by atoms with Gasteiger partial charge in [-0.2, -0.15) is 5.26 Å². The lowest BCUT2D eigenvalue weighted by Gasteiger charge is -2.13. The Labute approximate surface area is 114 Å². The summed E-state index contributed by atoms with van der Waals surface area (Å²) >= 11 is 0. The van der Waals surface area contributed by atoms with E-state index in [0.29, 0.717) is 11.6 Å². The predicted molar refractivity (Wildman–Crippen MR) is 68.6 cm³/mol. The molecule has 0 saturated heterocycles. The van der Waals surface area contributed by atoms with Crippen molar-refractivity contribution in [1.29, 1.82) is 5.26 Å². The van der Waals surface area contributed by atoms with E-state index in [2.05, 4.69) is 20.5 Å². The minimum absolute atomic E-state index is 0.206. The molecule has 0 spiro atoms. The van der Waals surface area contributed by atoms with E-state index in [1.54, 1.807) is 24.0 Å². The molecule has 0 bridgehead atoms. The Kier molecular flexibility index (Phi) is 3.56. The van der Waals surface area contributed by atoms with Crippen LogP contribution in [0.2, 0.25) is 0 Å². The Morgan fingerprint density at radius 2 is 2.30 bits per heavy atom. The summed E-state index contributed by atoms with van der Waals surface area (Å²) in [4.78, 5) is 14.0. The van der Waals surface area contributed by atoms with E-state index in [4.69, 9.17) is 5.26 Å². The predicted octanol–water partition coefficient (Wildman–Crippen LogP) is 1.16. The summed E-state index contributed by atoms with van der Waals surface area (Å²) in [6.45, 7) is 1.85. The fourth-order valence-electron chi connectivity index (χ4n) is 1.73. The van der Waals surface area contributed by atoms with E-state index in [0.717, 1.165) is 0 Å². The highest BCUT2D eigenvalue weighted by Gasteiger charge is 2.17. The van der Waals surface area contributed by atoms with Crippen molar-refractivity contribution in [2.24, 2.45) is 7.05 Å². The molecule has 0 aliphatic carbocycles. The summed E-state index contributed by atoms with van der Waals surface area (Å²) in [6, 6.07) is 4.20. The average molecular weight is 273 g/mol. The minimum atomic E-state index is -0.637. The lowest BCUT2D eigenvalue weighted by atomic mass is 10.2. The number of nitrogens with one attached hydrogen (secondary N) is 1. The SMILES string of the molecule is CC(Nc1ccc([N+](=O)[O-])c(C#N)n1)c1nncn1C. The van der Waals surface area contributed by atoms with Crippen molar-refractivity contribution < 1.29 is 4.92 Å². The summed E-state index contributed by atoms with van der Waals surface area (Å²) in [5, 5.41) is 30.3. The normalized spacial score (nSPS) is 11.7. The van der Waals surface area contributed by atoms with Crippen LogP contribution in [-0.2, 0) is 7.05 Å². The van der Waals surface area contributed by atoms with Crippen LogP contribution in [0.3, 0.4) is 0 Å². The highest BCUT2D eigenvalue weighted by Crippen LogP contribution is 2.21. The Morgan fingerprint density at radius 3 is 2.85 bits per heavy atom. The van der Waals surface area contributed by atoms with Gasteiger partial charge in [0.05, 0.1) is 11.0 Å². The van der Waals surface area contributed by atoms with E-state index in [1.165, 1.54) is 12.1 Å². The first-order valence-corrected chi connectivity index (χ1v) is 5.69. The second kappa shape index (κ2) is 5.31. The Bertz CT molecular complexity index is 688. The van der Waals surface area contributed by atoms with Gasteiger partial charge in [0.25, 0.3) is 0 Å². The molecule has 0 radical (unpaired) electrons. The second-order valence-electron chi connectivity index (χ2n) is 4.10. The van der Waals surface area contributed by atoms with Crippen molar-refractivity contribution in [3.8, 4) is 6.07 Å². The molecule has 1 unspecified atom stereocenters. The smallest absolute Gasteiger partial charge is 0.305 e. The van der Waals surface area contributed by atoms with E-state index in [9.17, 15) is 10.1 Å². The highest BCUT2D eigenvalue weighted by molar-refractivity contribution is 5.50. The van der Waals surface area contributed by atoms with Crippen LogP contribution in [0.5, 0.6) is 0 Å². The van der Waals surface area contributed by atoms with Crippen LogP contribution in [0.1, 0.15) is 24.5 Å². The van der Waals surface area contributed by atoms with Crippen molar-refractivity contribution in [3.05, 3.63) is 40.1 Å². The van der Waals surface area contributed by atoms with Gasteiger partial charge in [-0.25, -0.2) is 4.98 Å². The monoisotopic (exact) mass is 273 g/mol. The third kappa shape index (κ3) is 2.54. The van der Waals surface area contributed by atoms with Gasteiger partial charge in [-0.1, -0.05) is 0 Å². The van der Waals surface area contributed by atoms with Gasteiger partial charge in [-0.05, 0) is 13.0 Å². The van der Waals surface area contributed by atoms with Gasteiger partial charge in [-0.15, -0.1) is 10.2 Å². The van der Waals surface area contributed by atoms with E-state index in [-0.39, 0.29) is 17.4 Å². The Hall–Kier alpha value is -3.02. The van der Waals surface area contributed by atoms with Gasteiger partial charge >= 0.3 is 5.69 Å². The maximum Gasteiger partial charge on any atom is 0.305 e. The molecule has 0 amide bonds. The molecule has 9 heteroatoms. The van der Waals surface area contributed by atoms with Crippen molar-refractivity contribution in [3.63, 3.8) is 0 Å². The molecule has 20 heavy (non-hydrogen) atoms. The van der Waals surface area contributed by atoms with Crippen molar-refractivity contribution in [2.75, 3.05) is 5.32 Å². The molecule has 2 rings (SSSR count). The first kappa shape index (κ1) is 13.4. The van der Waals surface area contributed by atoms with Crippen LogP contribution in [0.25, 0.3) is 0 Å². The molecule has 1 atom stereocenters. The number of hydrogen-bond acceptors (Lipinski definition) is 7. The lowest BCUT2D eigenvalue weighted by Crippen LogP contribution is -2.13. The number of nitrogens with zero attached hydrogens (tertiary/aromatic N) is 6. The summed E-state index contributed by atoms with van der Waals surface area (Å²) in [5.74, 6) is 1.05. The summed E-state index contributed by atoms with van der Waals surface area (Å²) in [7, 11) is 1.80. The molecule has 1 N–H and O–H groups in total. The molecule has 0 aromatic carbocycles. The Morgan fingerprint density at radius 1 is 1.55 bits per heavy atom. The van der Waals surface area contributed by atoms with Gasteiger partial charge in [0, 0.05) is 13.1 Å². The molecule has 0 saturated carbocycles. The lowest BCUT2D eigenvalue weighted by molar-refractivity contribution is -0.385. The van der Waals surface area contributed by atoms with Crippen LogP contribution >= 0.6 is 0 Å². The fourth-order valence-corrected chi connectivity index (χ4v) is 1.73. The van der Waals surface area contributed by atoms with Gasteiger partial charge in [-0.3, -0.25) is 10.1 Å². The zero-order chi connectivity index (χ0) is 14.7. The largest absolute Gasteiger partial charge is 0.360 e. The summed E-state index contributed by atoms with van der Waals surface area (Å²) < 4.78 is 1.74. The second-order valence-corrected chi connectivity index (χ2v) is 4.10. The zero-order valence-electron chi connectivity index (χ0n) is 10.8. The quantitative estimate of drug-likeness (QED) is 0.654. The van der Waals surface area contributed by atoms with E-state index in [1.807, 2.05) is 6.92 Å². The average Bonchev–Trinajstić information content (AvgIpc) is 2.84. The van der Waals surface area contributed by atoms with E-state index >= 15 is 0 Å². The van der Waals surface area contributed by atoms with Crippen molar-refractivity contribution in [1.82, 2.24) is 19.7 Å². The number of anilines is 1. The molecule has 2 heterocycles. The topological polar surface area (TPSA) is 123 Å². The number of aryl methyl sites for hydroxylation is 1. The molecule has 0 aliphatic rings. The number of hydrogen-bond donors (Lipinski definition) is 1. The van der Waals surface area contributed by atoms with Crippen LogP contribution in [0.15, 0.2) is 18.5 Å². The molecule has 9 nitrogen and oxygen atoms in total. The minimum Gasteiger partial charge on any atom is -0.360 e. The maximum absolute atomic E-state index is 10.7. The molecular weight excluding hydrogens is 262 g/mol. The van der Waals surface area contributed by atoms with Crippen molar-refractivity contribution >= 4 is 11.5 Å². The molecule has 102 valence electrons. The van der Waals surface area contributed by atoms with Gasteiger partial charge in [0.15, 0.2) is 5.82 Å². The van der Waals surface area contributed by atoms with E-state index < -0.39 is 4.92 Å². The molecule has 0 fully saturated rings. The molecule has 2 aromatic heterocycles. The van der Waals surface area contributed by atoms with Crippen LogP contribution in [0.4, 0.5) is 11.5 Å². The zero-order valence-corrected chi connectivity index (χ0v) is 10.8. The number of nitro groups is 1. The van der Waals surface area contributed by atoms with Crippen LogP contribution < -0.4 is 5.32 Å². The van der Waals surface area contributed by atoms with Crippen LogP contribution in [-0.4, -0.2) is 24.7 Å². The maximum atomic E-state index is 10.7. The summed E-state index contributed by atoms with van der Waals surface area (Å²) in [6.07, 6.45) is 1.57. The van der Waals surface area contributed by atoms with Gasteiger partial charge < -0.3 is 9.88 Å². The molecule has 2 aromatic rings.